The SMILES string of the molecule is CC1CC2(CCN(C(=O)c3ccc(NO)cc3)CC2)CO1. The van der Waals surface area contributed by atoms with Crippen LogP contribution in [0.2, 0.25) is 0 Å². The Morgan fingerprint density at radius 2 is 2.00 bits per heavy atom. The molecule has 21 heavy (non-hydrogen) atoms. The fourth-order valence-electron chi connectivity index (χ4n) is 3.45. The Morgan fingerprint density at radius 1 is 1.33 bits per heavy atom. The third kappa shape index (κ3) is 2.89. The van der Waals surface area contributed by atoms with Crippen LogP contribution in [0.4, 0.5) is 5.69 Å². The van der Waals surface area contributed by atoms with Crippen molar-refractivity contribution >= 4 is 11.6 Å². The standard InChI is InChI=1S/C16H22N2O3/c1-12-10-16(11-21-12)6-8-18(9-7-16)15(19)13-2-4-14(17-20)5-3-13/h2-5,12,17,20H,6-11H2,1H3. The fourth-order valence-corrected chi connectivity index (χ4v) is 3.45. The summed E-state index contributed by atoms with van der Waals surface area (Å²) in [7, 11) is 0. The molecular weight excluding hydrogens is 268 g/mol. The number of rotatable bonds is 2. The lowest BCUT2D eigenvalue weighted by Gasteiger charge is -2.38. The van der Waals surface area contributed by atoms with E-state index in [1.165, 1.54) is 0 Å². The van der Waals surface area contributed by atoms with Crippen molar-refractivity contribution in [3.05, 3.63) is 29.8 Å². The summed E-state index contributed by atoms with van der Waals surface area (Å²) in [6.45, 7) is 4.57. The second-order valence-electron chi connectivity index (χ2n) is 6.31. The lowest BCUT2D eigenvalue weighted by molar-refractivity contribution is 0.0507. The van der Waals surface area contributed by atoms with E-state index in [4.69, 9.17) is 9.94 Å². The van der Waals surface area contributed by atoms with Crippen LogP contribution < -0.4 is 5.48 Å². The third-order valence-electron chi connectivity index (χ3n) is 4.77. The summed E-state index contributed by atoms with van der Waals surface area (Å²) < 4.78 is 5.72. The molecule has 0 bridgehead atoms. The van der Waals surface area contributed by atoms with Gasteiger partial charge in [0, 0.05) is 18.7 Å². The van der Waals surface area contributed by atoms with Crippen molar-refractivity contribution in [2.75, 3.05) is 25.2 Å². The monoisotopic (exact) mass is 290 g/mol. The highest BCUT2D eigenvalue weighted by Crippen LogP contribution is 2.41. The molecule has 2 heterocycles. The average Bonchev–Trinajstić information content (AvgIpc) is 2.88. The number of benzene rings is 1. The minimum Gasteiger partial charge on any atom is -0.378 e. The largest absolute Gasteiger partial charge is 0.378 e. The van der Waals surface area contributed by atoms with E-state index in [0.717, 1.165) is 39.0 Å². The highest BCUT2D eigenvalue weighted by Gasteiger charge is 2.41. The van der Waals surface area contributed by atoms with Crippen LogP contribution in [0.1, 0.15) is 36.5 Å². The van der Waals surface area contributed by atoms with Gasteiger partial charge in [0.15, 0.2) is 0 Å². The Labute approximate surface area is 124 Å². The lowest BCUT2D eigenvalue weighted by Crippen LogP contribution is -2.43. The molecule has 2 saturated heterocycles. The number of amides is 1. The van der Waals surface area contributed by atoms with E-state index in [2.05, 4.69) is 12.4 Å². The number of nitrogens with zero attached hydrogens (tertiary/aromatic N) is 1. The molecular formula is C16H22N2O3. The maximum atomic E-state index is 12.5. The van der Waals surface area contributed by atoms with Crippen molar-refractivity contribution in [2.24, 2.45) is 5.41 Å². The van der Waals surface area contributed by atoms with Crippen LogP contribution in [0.3, 0.4) is 0 Å². The summed E-state index contributed by atoms with van der Waals surface area (Å²) in [6, 6.07) is 6.88. The molecule has 2 N–H and O–H groups in total. The smallest absolute Gasteiger partial charge is 0.253 e. The first kappa shape index (κ1) is 14.4. The van der Waals surface area contributed by atoms with Gasteiger partial charge in [0.2, 0.25) is 0 Å². The molecule has 0 aliphatic carbocycles. The van der Waals surface area contributed by atoms with E-state index >= 15 is 0 Å². The molecule has 5 nitrogen and oxygen atoms in total. The van der Waals surface area contributed by atoms with Gasteiger partial charge >= 0.3 is 0 Å². The highest BCUT2D eigenvalue weighted by atomic mass is 16.5. The van der Waals surface area contributed by atoms with Gasteiger partial charge in [-0.3, -0.25) is 15.5 Å². The molecule has 1 spiro atoms. The summed E-state index contributed by atoms with van der Waals surface area (Å²) in [5, 5.41) is 8.80. The maximum Gasteiger partial charge on any atom is 0.253 e. The molecule has 2 aliphatic rings. The van der Waals surface area contributed by atoms with E-state index in [0.29, 0.717) is 22.8 Å². The zero-order valence-corrected chi connectivity index (χ0v) is 12.3. The molecule has 1 amide bonds. The highest BCUT2D eigenvalue weighted by molar-refractivity contribution is 5.94. The minimum atomic E-state index is 0.0707. The van der Waals surface area contributed by atoms with Crippen molar-refractivity contribution in [3.63, 3.8) is 0 Å². The molecule has 2 fully saturated rings. The number of hydrogen-bond acceptors (Lipinski definition) is 4. The summed E-state index contributed by atoms with van der Waals surface area (Å²) in [6.07, 6.45) is 3.52. The summed E-state index contributed by atoms with van der Waals surface area (Å²) in [5.74, 6) is 0.0707. The molecule has 3 rings (SSSR count). The molecule has 114 valence electrons. The van der Waals surface area contributed by atoms with Gasteiger partial charge in [-0.15, -0.1) is 0 Å². The number of anilines is 1. The van der Waals surface area contributed by atoms with E-state index in [-0.39, 0.29) is 5.91 Å². The van der Waals surface area contributed by atoms with Gasteiger partial charge in [-0.25, -0.2) is 0 Å². The number of likely N-dealkylation sites (tertiary alicyclic amines) is 1. The molecule has 1 unspecified atom stereocenters. The number of nitrogens with one attached hydrogen (secondary N) is 1. The quantitative estimate of drug-likeness (QED) is 0.822. The van der Waals surface area contributed by atoms with Gasteiger partial charge in [-0.1, -0.05) is 0 Å². The van der Waals surface area contributed by atoms with E-state index in [1.54, 1.807) is 24.3 Å². The van der Waals surface area contributed by atoms with Crippen molar-refractivity contribution in [3.8, 4) is 0 Å². The first-order valence-electron chi connectivity index (χ1n) is 7.53. The predicted molar refractivity (Wildman–Crippen MR) is 79.5 cm³/mol. The van der Waals surface area contributed by atoms with E-state index < -0.39 is 0 Å². The molecule has 1 aromatic carbocycles. The second kappa shape index (κ2) is 5.66. The summed E-state index contributed by atoms with van der Waals surface area (Å²) in [4.78, 5) is 14.4. The van der Waals surface area contributed by atoms with Crippen molar-refractivity contribution < 1.29 is 14.7 Å². The topological polar surface area (TPSA) is 61.8 Å². The zero-order chi connectivity index (χ0) is 14.9. The first-order valence-corrected chi connectivity index (χ1v) is 7.53. The second-order valence-corrected chi connectivity index (χ2v) is 6.31. The van der Waals surface area contributed by atoms with Crippen LogP contribution in [0.5, 0.6) is 0 Å². The maximum absolute atomic E-state index is 12.5. The van der Waals surface area contributed by atoms with Gasteiger partial charge in [-0.2, -0.15) is 0 Å². The molecule has 1 aromatic rings. The minimum absolute atomic E-state index is 0.0707. The van der Waals surface area contributed by atoms with Gasteiger partial charge in [0.1, 0.15) is 0 Å². The molecule has 0 aromatic heterocycles. The van der Waals surface area contributed by atoms with Gasteiger partial charge < -0.3 is 9.64 Å². The van der Waals surface area contributed by atoms with Crippen molar-refractivity contribution in [1.29, 1.82) is 0 Å². The first-order chi connectivity index (χ1) is 10.1. The van der Waals surface area contributed by atoms with Crippen LogP contribution in [0, 0.1) is 5.41 Å². The Kier molecular flexibility index (Phi) is 3.87. The molecule has 5 heteroatoms. The number of carbonyl (C=O) groups is 1. The molecule has 2 aliphatic heterocycles. The van der Waals surface area contributed by atoms with Crippen LogP contribution in [-0.4, -0.2) is 41.8 Å². The number of hydrogen-bond donors (Lipinski definition) is 2. The molecule has 1 atom stereocenters. The van der Waals surface area contributed by atoms with Crippen LogP contribution in [0.15, 0.2) is 24.3 Å². The number of piperidine rings is 1. The molecule has 0 radical (unpaired) electrons. The Morgan fingerprint density at radius 3 is 2.52 bits per heavy atom. The Balaban J connectivity index is 1.62. The van der Waals surface area contributed by atoms with Gasteiger partial charge in [0.05, 0.1) is 18.4 Å². The van der Waals surface area contributed by atoms with Crippen molar-refractivity contribution in [2.45, 2.75) is 32.3 Å². The average molecular weight is 290 g/mol. The van der Waals surface area contributed by atoms with E-state index in [9.17, 15) is 4.79 Å². The van der Waals surface area contributed by atoms with Gasteiger partial charge in [0.25, 0.3) is 5.91 Å². The van der Waals surface area contributed by atoms with Crippen LogP contribution in [0.25, 0.3) is 0 Å². The third-order valence-corrected chi connectivity index (χ3v) is 4.77. The molecule has 0 saturated carbocycles. The Hall–Kier alpha value is -1.59. The summed E-state index contributed by atoms with van der Waals surface area (Å²) in [5.41, 5.74) is 3.62. The van der Waals surface area contributed by atoms with Crippen LogP contribution in [-0.2, 0) is 4.74 Å². The number of ether oxygens (including phenoxy) is 1. The van der Waals surface area contributed by atoms with Crippen molar-refractivity contribution in [1.82, 2.24) is 4.90 Å². The predicted octanol–water partition coefficient (Wildman–Crippen LogP) is 2.52. The Bertz CT molecular complexity index is 507. The van der Waals surface area contributed by atoms with Crippen LogP contribution >= 0.6 is 0 Å². The zero-order valence-electron chi connectivity index (χ0n) is 12.3. The fraction of sp³-hybridized carbons (Fsp3) is 0.562. The van der Waals surface area contributed by atoms with Gasteiger partial charge in [-0.05, 0) is 55.9 Å². The number of carbonyl (C=O) groups excluding carboxylic acids is 1. The summed E-state index contributed by atoms with van der Waals surface area (Å²) >= 11 is 0. The normalized spacial score (nSPS) is 24.3. The van der Waals surface area contributed by atoms with E-state index in [1.807, 2.05) is 4.90 Å². The lowest BCUT2D eigenvalue weighted by atomic mass is 9.77.